The molecule has 0 spiro atoms. The van der Waals surface area contributed by atoms with Crippen LogP contribution in [0.25, 0.3) is 0 Å². The number of nitrogens with one attached hydrogen (secondary N) is 1. The summed E-state index contributed by atoms with van der Waals surface area (Å²) in [6.45, 7) is 3.06. The van der Waals surface area contributed by atoms with Crippen molar-refractivity contribution in [1.29, 1.82) is 0 Å². The Balaban J connectivity index is 2.05. The van der Waals surface area contributed by atoms with E-state index in [1.807, 2.05) is 29.8 Å². The fourth-order valence-corrected chi connectivity index (χ4v) is 3.04. The van der Waals surface area contributed by atoms with Crippen molar-refractivity contribution in [2.75, 3.05) is 6.54 Å². The van der Waals surface area contributed by atoms with E-state index in [0.29, 0.717) is 16.1 Å². The minimum atomic E-state index is 0.369. The van der Waals surface area contributed by atoms with Gasteiger partial charge in [0.15, 0.2) is 0 Å². The molecule has 1 atom stereocenters. The number of thiazole rings is 1. The van der Waals surface area contributed by atoms with Gasteiger partial charge in [0.25, 0.3) is 0 Å². The molecule has 0 saturated heterocycles. The van der Waals surface area contributed by atoms with Crippen LogP contribution >= 0.6 is 34.5 Å². The highest BCUT2D eigenvalue weighted by Gasteiger charge is 2.12. The fourth-order valence-electron chi connectivity index (χ4n) is 2.02. The summed E-state index contributed by atoms with van der Waals surface area (Å²) in [5.74, 6) is 0. The van der Waals surface area contributed by atoms with Gasteiger partial charge in [-0.15, -0.1) is 11.3 Å². The number of aromatic nitrogens is 1. The zero-order valence-corrected chi connectivity index (χ0v) is 13.0. The van der Waals surface area contributed by atoms with Crippen molar-refractivity contribution in [3.8, 4) is 0 Å². The molecule has 0 aliphatic carbocycles. The first-order valence-electron chi connectivity index (χ1n) is 6.24. The predicted octanol–water partition coefficient (Wildman–Crippen LogP) is 4.21. The Morgan fingerprint density at radius 1 is 1.26 bits per heavy atom. The summed E-state index contributed by atoms with van der Waals surface area (Å²) in [6, 6.07) is 6.19. The highest BCUT2D eigenvalue weighted by atomic mass is 35.5. The van der Waals surface area contributed by atoms with Gasteiger partial charge in [-0.3, -0.25) is 0 Å². The van der Waals surface area contributed by atoms with Gasteiger partial charge in [-0.1, -0.05) is 36.2 Å². The summed E-state index contributed by atoms with van der Waals surface area (Å²) < 4.78 is 0. The lowest BCUT2D eigenvalue weighted by molar-refractivity contribution is 0.520. The molecule has 1 aromatic carbocycles. The number of rotatable bonds is 6. The van der Waals surface area contributed by atoms with E-state index in [1.54, 1.807) is 11.3 Å². The standard InChI is InChI=1S/C14H16Cl2N2S/c1-2-17-11(9-14-18-5-6-19-14)7-10-3-4-12(15)13(16)8-10/h3-6,8,11,17H,2,7,9H2,1H3. The Bertz CT molecular complexity index is 514. The molecule has 5 heteroatoms. The molecule has 19 heavy (non-hydrogen) atoms. The van der Waals surface area contributed by atoms with Crippen molar-refractivity contribution in [2.24, 2.45) is 0 Å². The highest BCUT2D eigenvalue weighted by Crippen LogP contribution is 2.23. The Kier molecular flexibility index (Phi) is 5.64. The molecule has 1 unspecified atom stereocenters. The van der Waals surface area contributed by atoms with E-state index in [9.17, 15) is 0 Å². The molecule has 0 fully saturated rings. The van der Waals surface area contributed by atoms with Crippen LogP contribution in [0.1, 0.15) is 17.5 Å². The van der Waals surface area contributed by atoms with Crippen LogP contribution in [0.3, 0.4) is 0 Å². The summed E-state index contributed by atoms with van der Waals surface area (Å²) in [5, 5.41) is 7.88. The molecule has 0 amide bonds. The van der Waals surface area contributed by atoms with Gasteiger partial charge in [-0.25, -0.2) is 4.98 Å². The van der Waals surface area contributed by atoms with E-state index in [4.69, 9.17) is 23.2 Å². The molecule has 0 saturated carbocycles. The molecule has 1 N–H and O–H groups in total. The van der Waals surface area contributed by atoms with Crippen LogP contribution in [0, 0.1) is 0 Å². The van der Waals surface area contributed by atoms with Crippen molar-refractivity contribution < 1.29 is 0 Å². The first-order chi connectivity index (χ1) is 9.19. The molecule has 1 aromatic heterocycles. The van der Waals surface area contributed by atoms with Gasteiger partial charge in [0.05, 0.1) is 15.1 Å². The second-order valence-corrected chi connectivity index (χ2v) is 6.13. The molecular formula is C14H16Cl2N2S. The van der Waals surface area contributed by atoms with Gasteiger partial charge in [0.1, 0.15) is 0 Å². The average molecular weight is 315 g/mol. The normalized spacial score (nSPS) is 12.6. The number of nitrogens with zero attached hydrogens (tertiary/aromatic N) is 1. The molecular weight excluding hydrogens is 299 g/mol. The van der Waals surface area contributed by atoms with Crippen LogP contribution in [0.4, 0.5) is 0 Å². The van der Waals surface area contributed by atoms with E-state index >= 15 is 0 Å². The minimum absolute atomic E-state index is 0.369. The Hall–Kier alpha value is -0.610. The van der Waals surface area contributed by atoms with Crippen molar-refractivity contribution in [1.82, 2.24) is 10.3 Å². The molecule has 1 heterocycles. The van der Waals surface area contributed by atoms with Crippen molar-refractivity contribution in [3.05, 3.63) is 50.4 Å². The minimum Gasteiger partial charge on any atom is -0.314 e. The lowest BCUT2D eigenvalue weighted by Gasteiger charge is -2.17. The summed E-state index contributed by atoms with van der Waals surface area (Å²) >= 11 is 13.7. The van der Waals surface area contributed by atoms with E-state index in [0.717, 1.165) is 24.4 Å². The van der Waals surface area contributed by atoms with Gasteiger partial charge >= 0.3 is 0 Å². The second-order valence-electron chi connectivity index (χ2n) is 4.34. The largest absolute Gasteiger partial charge is 0.314 e. The molecule has 102 valence electrons. The first kappa shape index (κ1) is 14.8. The second kappa shape index (κ2) is 7.25. The molecule has 0 bridgehead atoms. The van der Waals surface area contributed by atoms with Crippen molar-refractivity contribution in [3.63, 3.8) is 0 Å². The van der Waals surface area contributed by atoms with Gasteiger partial charge in [-0.05, 0) is 30.7 Å². The third-order valence-corrected chi connectivity index (χ3v) is 4.40. The number of hydrogen-bond acceptors (Lipinski definition) is 3. The maximum absolute atomic E-state index is 6.05. The third-order valence-electron chi connectivity index (χ3n) is 2.86. The van der Waals surface area contributed by atoms with Crippen LogP contribution in [0.15, 0.2) is 29.8 Å². The molecule has 2 aromatic rings. The summed E-state index contributed by atoms with van der Waals surface area (Å²) in [6.07, 6.45) is 3.71. The van der Waals surface area contributed by atoms with Crippen LogP contribution in [0.2, 0.25) is 10.0 Å². The summed E-state index contributed by atoms with van der Waals surface area (Å²) in [7, 11) is 0. The molecule has 2 rings (SSSR count). The number of benzene rings is 1. The molecule has 2 nitrogen and oxygen atoms in total. The van der Waals surface area contributed by atoms with Gasteiger partial charge in [0, 0.05) is 24.0 Å². The van der Waals surface area contributed by atoms with Crippen LogP contribution in [-0.2, 0) is 12.8 Å². The Morgan fingerprint density at radius 2 is 2.11 bits per heavy atom. The topological polar surface area (TPSA) is 24.9 Å². The van der Waals surface area contributed by atoms with Crippen molar-refractivity contribution in [2.45, 2.75) is 25.8 Å². The van der Waals surface area contributed by atoms with Crippen LogP contribution in [0.5, 0.6) is 0 Å². The quantitative estimate of drug-likeness (QED) is 0.863. The van der Waals surface area contributed by atoms with Gasteiger partial charge in [-0.2, -0.15) is 0 Å². The molecule has 0 aliphatic heterocycles. The summed E-state index contributed by atoms with van der Waals surface area (Å²) in [5.41, 5.74) is 1.19. The van der Waals surface area contributed by atoms with E-state index in [2.05, 4.69) is 17.2 Å². The van der Waals surface area contributed by atoms with Crippen LogP contribution in [-0.4, -0.2) is 17.6 Å². The maximum Gasteiger partial charge on any atom is 0.0940 e. The number of halogens is 2. The Labute approximate surface area is 127 Å². The third kappa shape index (κ3) is 4.46. The highest BCUT2D eigenvalue weighted by molar-refractivity contribution is 7.09. The zero-order valence-electron chi connectivity index (χ0n) is 10.7. The smallest absolute Gasteiger partial charge is 0.0940 e. The predicted molar refractivity (Wildman–Crippen MR) is 83.4 cm³/mol. The zero-order chi connectivity index (χ0) is 13.7. The van der Waals surface area contributed by atoms with Crippen molar-refractivity contribution >= 4 is 34.5 Å². The lowest BCUT2D eigenvalue weighted by atomic mass is 10.0. The lowest BCUT2D eigenvalue weighted by Crippen LogP contribution is -2.33. The fraction of sp³-hybridized carbons (Fsp3) is 0.357. The Morgan fingerprint density at radius 3 is 2.74 bits per heavy atom. The maximum atomic E-state index is 6.05. The monoisotopic (exact) mass is 314 g/mol. The summed E-state index contributed by atoms with van der Waals surface area (Å²) in [4.78, 5) is 4.34. The van der Waals surface area contributed by atoms with E-state index in [1.165, 1.54) is 5.56 Å². The number of likely N-dealkylation sites (N-methyl/N-ethyl adjacent to an activating group) is 1. The van der Waals surface area contributed by atoms with E-state index in [-0.39, 0.29) is 0 Å². The van der Waals surface area contributed by atoms with Crippen LogP contribution < -0.4 is 5.32 Å². The molecule has 0 radical (unpaired) electrons. The van der Waals surface area contributed by atoms with Gasteiger partial charge in [0.2, 0.25) is 0 Å². The SMILES string of the molecule is CCNC(Cc1ccc(Cl)c(Cl)c1)Cc1nccs1. The van der Waals surface area contributed by atoms with Gasteiger partial charge < -0.3 is 5.32 Å². The molecule has 0 aliphatic rings. The average Bonchev–Trinajstić information content (AvgIpc) is 2.87. The van der Waals surface area contributed by atoms with E-state index < -0.39 is 0 Å². The first-order valence-corrected chi connectivity index (χ1v) is 7.88. The number of hydrogen-bond donors (Lipinski definition) is 1.